The monoisotopic (exact) mass is 304 g/mol. The molecule has 0 spiro atoms. The Bertz CT molecular complexity index is 530. The zero-order chi connectivity index (χ0) is 15.5. The van der Waals surface area contributed by atoms with Gasteiger partial charge in [-0.3, -0.25) is 0 Å². The van der Waals surface area contributed by atoms with Crippen LogP contribution in [0.25, 0.3) is 0 Å². The maximum absolute atomic E-state index is 5.99. The van der Waals surface area contributed by atoms with Crippen LogP contribution in [0.1, 0.15) is 23.6 Å². The predicted octanol–water partition coefficient (Wildman–Crippen LogP) is 2.16. The number of fused-ring (bicyclic) bond motifs is 2. The van der Waals surface area contributed by atoms with Gasteiger partial charge in [0.1, 0.15) is 12.4 Å². The molecule has 0 aliphatic carbocycles. The fourth-order valence-corrected chi connectivity index (χ4v) is 3.79. The summed E-state index contributed by atoms with van der Waals surface area (Å²) < 4.78 is 11.3. The summed E-state index contributed by atoms with van der Waals surface area (Å²) in [5.74, 6) is 1.60. The van der Waals surface area contributed by atoms with Crippen LogP contribution >= 0.6 is 0 Å². The van der Waals surface area contributed by atoms with E-state index < -0.39 is 0 Å². The molecule has 2 aliphatic rings. The van der Waals surface area contributed by atoms with Crippen molar-refractivity contribution in [1.29, 1.82) is 0 Å². The number of anilines is 1. The van der Waals surface area contributed by atoms with Crippen LogP contribution in [0.2, 0.25) is 0 Å². The van der Waals surface area contributed by atoms with Crippen LogP contribution in [0.5, 0.6) is 5.75 Å². The van der Waals surface area contributed by atoms with Crippen LogP contribution in [0, 0.1) is 12.8 Å². The van der Waals surface area contributed by atoms with E-state index in [9.17, 15) is 0 Å². The maximum Gasteiger partial charge on any atom is 0.143 e. The SMILES string of the molecule is COCC(C)CN1CCOc2cc3c(c(C)c21)CCNCC3. The molecule has 0 fully saturated rings. The third kappa shape index (κ3) is 3.08. The minimum atomic E-state index is 0.524. The fourth-order valence-electron chi connectivity index (χ4n) is 3.79. The lowest BCUT2D eigenvalue weighted by Crippen LogP contribution is -2.37. The smallest absolute Gasteiger partial charge is 0.143 e. The third-order valence-corrected chi connectivity index (χ3v) is 4.78. The van der Waals surface area contributed by atoms with Crippen molar-refractivity contribution in [3.63, 3.8) is 0 Å². The van der Waals surface area contributed by atoms with E-state index >= 15 is 0 Å². The highest BCUT2D eigenvalue weighted by Gasteiger charge is 2.25. The number of nitrogens with one attached hydrogen (secondary N) is 1. The van der Waals surface area contributed by atoms with Gasteiger partial charge < -0.3 is 19.7 Å². The summed E-state index contributed by atoms with van der Waals surface area (Å²) in [5.41, 5.74) is 5.72. The van der Waals surface area contributed by atoms with Crippen LogP contribution < -0.4 is 15.0 Å². The second-order valence-electron chi connectivity index (χ2n) is 6.59. The Morgan fingerprint density at radius 2 is 2.18 bits per heavy atom. The molecule has 4 heteroatoms. The normalized spacial score (nSPS) is 19.0. The van der Waals surface area contributed by atoms with Crippen LogP contribution in [0.3, 0.4) is 0 Å². The topological polar surface area (TPSA) is 33.7 Å². The lowest BCUT2D eigenvalue weighted by Gasteiger charge is -2.35. The highest BCUT2D eigenvalue weighted by molar-refractivity contribution is 5.69. The predicted molar refractivity (Wildman–Crippen MR) is 90.2 cm³/mol. The van der Waals surface area contributed by atoms with Gasteiger partial charge >= 0.3 is 0 Å². The highest BCUT2D eigenvalue weighted by Crippen LogP contribution is 2.39. The van der Waals surface area contributed by atoms with Gasteiger partial charge in [-0.1, -0.05) is 6.92 Å². The minimum absolute atomic E-state index is 0.524. The average Bonchev–Trinajstić information content (AvgIpc) is 2.73. The lowest BCUT2D eigenvalue weighted by atomic mass is 9.94. The number of nitrogens with zero attached hydrogens (tertiary/aromatic N) is 1. The molecule has 0 saturated carbocycles. The molecule has 1 atom stereocenters. The molecular weight excluding hydrogens is 276 g/mol. The van der Waals surface area contributed by atoms with E-state index in [1.54, 1.807) is 7.11 Å². The number of benzene rings is 1. The molecule has 0 amide bonds. The Balaban J connectivity index is 1.93. The Morgan fingerprint density at radius 3 is 3.00 bits per heavy atom. The quantitative estimate of drug-likeness (QED) is 0.924. The van der Waals surface area contributed by atoms with E-state index in [0.29, 0.717) is 5.92 Å². The minimum Gasteiger partial charge on any atom is -0.490 e. The molecule has 0 saturated heterocycles. The van der Waals surface area contributed by atoms with E-state index in [1.807, 2.05) is 0 Å². The third-order valence-electron chi connectivity index (χ3n) is 4.78. The molecule has 122 valence electrons. The molecule has 0 radical (unpaired) electrons. The first-order valence-corrected chi connectivity index (χ1v) is 8.43. The summed E-state index contributed by atoms with van der Waals surface area (Å²) in [7, 11) is 1.78. The van der Waals surface area contributed by atoms with Crippen molar-refractivity contribution in [3.05, 3.63) is 22.8 Å². The van der Waals surface area contributed by atoms with Gasteiger partial charge in [-0.05, 0) is 61.5 Å². The van der Waals surface area contributed by atoms with E-state index in [2.05, 4.69) is 30.1 Å². The molecule has 1 unspecified atom stereocenters. The van der Waals surface area contributed by atoms with E-state index in [1.165, 1.54) is 22.4 Å². The Labute approximate surface area is 133 Å². The van der Waals surface area contributed by atoms with Gasteiger partial charge in [0, 0.05) is 13.7 Å². The summed E-state index contributed by atoms with van der Waals surface area (Å²) in [5, 5.41) is 3.50. The van der Waals surface area contributed by atoms with Crippen LogP contribution in [0.4, 0.5) is 5.69 Å². The number of hydrogen-bond donors (Lipinski definition) is 1. The van der Waals surface area contributed by atoms with E-state index in [4.69, 9.17) is 9.47 Å². The van der Waals surface area contributed by atoms with Crippen molar-refractivity contribution in [2.24, 2.45) is 5.92 Å². The van der Waals surface area contributed by atoms with Gasteiger partial charge in [0.05, 0.1) is 18.8 Å². The summed E-state index contributed by atoms with van der Waals surface area (Å²) >= 11 is 0. The van der Waals surface area contributed by atoms with Gasteiger partial charge in [0.2, 0.25) is 0 Å². The van der Waals surface area contributed by atoms with Gasteiger partial charge in [-0.2, -0.15) is 0 Å². The first-order valence-electron chi connectivity index (χ1n) is 8.43. The first-order chi connectivity index (χ1) is 10.7. The Hall–Kier alpha value is -1.26. The molecule has 2 aliphatic heterocycles. The van der Waals surface area contributed by atoms with Gasteiger partial charge in [0.25, 0.3) is 0 Å². The highest BCUT2D eigenvalue weighted by atomic mass is 16.5. The molecule has 1 N–H and O–H groups in total. The molecule has 1 aromatic carbocycles. The van der Waals surface area contributed by atoms with Crippen molar-refractivity contribution < 1.29 is 9.47 Å². The van der Waals surface area contributed by atoms with Gasteiger partial charge in [-0.25, -0.2) is 0 Å². The van der Waals surface area contributed by atoms with Crippen molar-refractivity contribution in [3.8, 4) is 5.75 Å². The molecule has 2 heterocycles. The fraction of sp³-hybridized carbons (Fsp3) is 0.667. The second-order valence-corrected chi connectivity index (χ2v) is 6.59. The van der Waals surface area contributed by atoms with Gasteiger partial charge in [0.15, 0.2) is 0 Å². The molecule has 0 aromatic heterocycles. The van der Waals surface area contributed by atoms with Crippen molar-refractivity contribution in [2.75, 3.05) is 51.4 Å². The van der Waals surface area contributed by atoms with Gasteiger partial charge in [-0.15, -0.1) is 0 Å². The summed E-state index contributed by atoms with van der Waals surface area (Å²) in [6.45, 7) is 10.3. The lowest BCUT2D eigenvalue weighted by molar-refractivity contribution is 0.160. The summed E-state index contributed by atoms with van der Waals surface area (Å²) in [6, 6.07) is 2.29. The number of ether oxygens (including phenoxy) is 2. The van der Waals surface area contributed by atoms with Crippen LogP contribution in [0.15, 0.2) is 6.07 Å². The van der Waals surface area contributed by atoms with Crippen LogP contribution in [-0.4, -0.2) is 46.5 Å². The second kappa shape index (κ2) is 6.88. The molecule has 0 bridgehead atoms. The maximum atomic E-state index is 5.99. The van der Waals surface area contributed by atoms with Crippen molar-refractivity contribution in [1.82, 2.24) is 5.32 Å². The van der Waals surface area contributed by atoms with Crippen LogP contribution in [-0.2, 0) is 17.6 Å². The first kappa shape index (κ1) is 15.6. The standard InChI is InChI=1S/C18H28N2O2/c1-13(12-21-3)11-20-8-9-22-17-10-15-4-6-19-7-5-16(15)14(2)18(17)20/h10,13,19H,4-9,11-12H2,1-3H3. The van der Waals surface area contributed by atoms with E-state index in [0.717, 1.165) is 58.0 Å². The Kier molecular flexibility index (Phi) is 4.89. The molecule has 3 rings (SSSR count). The zero-order valence-corrected chi connectivity index (χ0v) is 14.1. The number of rotatable bonds is 4. The molecule has 22 heavy (non-hydrogen) atoms. The zero-order valence-electron chi connectivity index (χ0n) is 14.1. The summed E-state index contributed by atoms with van der Waals surface area (Å²) in [4.78, 5) is 2.50. The number of hydrogen-bond acceptors (Lipinski definition) is 4. The Morgan fingerprint density at radius 1 is 1.36 bits per heavy atom. The van der Waals surface area contributed by atoms with Crippen molar-refractivity contribution >= 4 is 5.69 Å². The largest absolute Gasteiger partial charge is 0.490 e. The van der Waals surface area contributed by atoms with E-state index in [-0.39, 0.29) is 0 Å². The molecule has 4 nitrogen and oxygen atoms in total. The summed E-state index contributed by atoms with van der Waals surface area (Å²) in [6.07, 6.45) is 2.23. The number of methoxy groups -OCH3 is 1. The average molecular weight is 304 g/mol. The van der Waals surface area contributed by atoms with Crippen molar-refractivity contribution in [2.45, 2.75) is 26.7 Å². The molecular formula is C18H28N2O2. The molecule has 1 aromatic rings.